The van der Waals surface area contributed by atoms with Crippen LogP contribution < -0.4 is 21.0 Å². The Morgan fingerprint density at radius 1 is 1.34 bits per heavy atom. The second-order valence-corrected chi connectivity index (χ2v) is 10.6. The van der Waals surface area contributed by atoms with Crippen molar-refractivity contribution in [2.45, 2.75) is 57.3 Å². The molecule has 1 aromatic carbocycles. The molecule has 1 saturated heterocycles. The summed E-state index contributed by atoms with van der Waals surface area (Å²) in [7, 11) is -2.91. The summed E-state index contributed by atoms with van der Waals surface area (Å²) in [6.07, 6.45) is -1.55. The van der Waals surface area contributed by atoms with E-state index in [0.717, 1.165) is 11.0 Å². The van der Waals surface area contributed by atoms with Crippen LogP contribution in [0.25, 0.3) is 0 Å². The Labute approximate surface area is 224 Å². The summed E-state index contributed by atoms with van der Waals surface area (Å²) in [5.74, 6) is -0.474. The van der Waals surface area contributed by atoms with Crippen LogP contribution in [0.3, 0.4) is 0 Å². The second-order valence-electron chi connectivity index (χ2n) is 8.51. The predicted molar refractivity (Wildman–Crippen MR) is 138 cm³/mol. The van der Waals surface area contributed by atoms with Gasteiger partial charge in [-0.25, -0.2) is 9.36 Å². The number of methoxy groups -OCH3 is 1. The van der Waals surface area contributed by atoms with E-state index in [2.05, 4.69) is 10.1 Å². The third kappa shape index (κ3) is 7.76. The number of nitrogen functional groups attached to an aromatic ring is 1. The minimum atomic E-state index is -4.24. The van der Waals surface area contributed by atoms with Gasteiger partial charge in [-0.1, -0.05) is 24.9 Å². The molecule has 1 aliphatic rings. The molecule has 1 fully saturated rings. The largest absolute Gasteiger partial charge is 0.465 e. The summed E-state index contributed by atoms with van der Waals surface area (Å²) < 4.78 is 42.4. The Morgan fingerprint density at radius 2 is 2.05 bits per heavy atom. The first-order valence-corrected chi connectivity index (χ1v) is 13.8. The highest BCUT2D eigenvalue weighted by atomic mass is 35.5. The van der Waals surface area contributed by atoms with Crippen LogP contribution in [-0.2, 0) is 28.1 Å². The normalized spacial score (nSPS) is 23.5. The lowest BCUT2D eigenvalue weighted by molar-refractivity contribution is -0.145. The van der Waals surface area contributed by atoms with Crippen molar-refractivity contribution >= 4 is 31.1 Å². The summed E-state index contributed by atoms with van der Waals surface area (Å²) in [4.78, 5) is 28.4. The molecule has 0 amide bonds. The average Bonchev–Trinajstić information content (AvgIpc) is 3.19. The fourth-order valence-corrected chi connectivity index (χ4v) is 5.21. The molecule has 0 bridgehead atoms. The number of carbonyl (C=O) groups excluding carboxylic acids is 1. The molecule has 13 nitrogen and oxygen atoms in total. The summed E-state index contributed by atoms with van der Waals surface area (Å²) >= 11 is 5.92. The molecule has 4 N–H and O–H groups in total. The fourth-order valence-electron chi connectivity index (χ4n) is 3.58. The van der Waals surface area contributed by atoms with E-state index in [4.69, 9.17) is 40.6 Å². The lowest BCUT2D eigenvalue weighted by atomic mass is 10.1. The molecule has 38 heavy (non-hydrogen) atoms. The van der Waals surface area contributed by atoms with E-state index < -0.39 is 56.6 Å². The molecule has 0 spiro atoms. The van der Waals surface area contributed by atoms with E-state index in [-0.39, 0.29) is 18.2 Å². The summed E-state index contributed by atoms with van der Waals surface area (Å²) in [6.45, 7) is 3.17. The number of rotatable bonds is 13. The zero-order valence-electron chi connectivity index (χ0n) is 21.2. The Morgan fingerprint density at radius 3 is 2.68 bits per heavy atom. The first kappa shape index (κ1) is 30.0. The molecule has 1 aliphatic heterocycles. The van der Waals surface area contributed by atoms with Crippen LogP contribution in [0.1, 0.15) is 32.9 Å². The molecule has 0 radical (unpaired) electrons. The number of unbranched alkanes of at least 4 members (excludes halogenated alkanes) is 1. The molecular formula is C23H32ClN4O9P. The number of ether oxygens (including phenoxy) is 3. The maximum atomic E-state index is 13.7. The summed E-state index contributed by atoms with van der Waals surface area (Å²) in [5.41, 5.74) is 4.84. The van der Waals surface area contributed by atoms with Crippen LogP contribution in [0.15, 0.2) is 41.3 Å². The molecule has 2 aromatic rings. The zero-order chi connectivity index (χ0) is 27.9. The molecule has 0 aliphatic carbocycles. The smallest absolute Gasteiger partial charge is 0.459 e. The number of hydrogen-bond acceptors (Lipinski definition) is 11. The first-order chi connectivity index (χ1) is 18.1. The van der Waals surface area contributed by atoms with Gasteiger partial charge in [0.15, 0.2) is 6.23 Å². The highest BCUT2D eigenvalue weighted by Crippen LogP contribution is 2.46. The van der Waals surface area contributed by atoms with Crippen LogP contribution in [0.5, 0.6) is 5.75 Å². The number of hydrogen-bond donors (Lipinski definition) is 3. The molecule has 0 saturated carbocycles. The van der Waals surface area contributed by atoms with Gasteiger partial charge in [0.25, 0.3) is 0 Å². The number of aliphatic hydroxyl groups excluding tert-OH is 1. The molecule has 15 heteroatoms. The molecule has 1 aromatic heterocycles. The SMILES string of the molecule is CCCCOC(=O)[C@H](C)NP(=O)(OC[C@H]1O[C@@H](n2ccc(N)nc2=O)C(OC)C1O)Oc1ccc(Cl)cc1. The van der Waals surface area contributed by atoms with Gasteiger partial charge in [0.1, 0.15) is 35.9 Å². The number of halogens is 1. The van der Waals surface area contributed by atoms with Crippen molar-refractivity contribution in [1.82, 2.24) is 14.6 Å². The average molecular weight is 575 g/mol. The topological polar surface area (TPSA) is 173 Å². The first-order valence-electron chi connectivity index (χ1n) is 11.9. The Balaban J connectivity index is 1.76. The van der Waals surface area contributed by atoms with E-state index in [1.54, 1.807) is 0 Å². The second kappa shape index (κ2) is 13.5. The van der Waals surface area contributed by atoms with Gasteiger partial charge in [-0.2, -0.15) is 10.1 Å². The number of aliphatic hydroxyl groups is 1. The Kier molecular flexibility index (Phi) is 10.7. The van der Waals surface area contributed by atoms with Crippen molar-refractivity contribution in [3.8, 4) is 5.75 Å². The third-order valence-electron chi connectivity index (χ3n) is 5.61. The number of carbonyl (C=O) groups is 1. The van der Waals surface area contributed by atoms with Gasteiger partial charge in [-0.3, -0.25) is 13.9 Å². The Bertz CT molecular complexity index is 1180. The van der Waals surface area contributed by atoms with E-state index >= 15 is 0 Å². The van der Waals surface area contributed by atoms with Crippen molar-refractivity contribution in [2.75, 3.05) is 26.1 Å². The van der Waals surface area contributed by atoms with E-state index in [1.807, 2.05) is 6.92 Å². The van der Waals surface area contributed by atoms with Crippen LogP contribution in [0, 0.1) is 0 Å². The number of anilines is 1. The molecule has 3 rings (SSSR count). The summed E-state index contributed by atoms with van der Waals surface area (Å²) in [6, 6.07) is 6.34. The number of aromatic nitrogens is 2. The minimum Gasteiger partial charge on any atom is -0.465 e. The molecule has 2 heterocycles. The quantitative estimate of drug-likeness (QED) is 0.181. The van der Waals surface area contributed by atoms with Gasteiger partial charge < -0.3 is 29.6 Å². The highest BCUT2D eigenvalue weighted by molar-refractivity contribution is 7.52. The van der Waals surface area contributed by atoms with Crippen LogP contribution in [-0.4, -0.2) is 65.3 Å². The van der Waals surface area contributed by atoms with Gasteiger partial charge in [0.2, 0.25) is 0 Å². The molecular weight excluding hydrogens is 543 g/mol. The fraction of sp³-hybridized carbons (Fsp3) is 0.522. The predicted octanol–water partition coefficient (Wildman–Crippen LogP) is 2.28. The van der Waals surface area contributed by atoms with Crippen LogP contribution in [0.4, 0.5) is 5.82 Å². The van der Waals surface area contributed by atoms with E-state index in [0.29, 0.717) is 11.4 Å². The van der Waals surface area contributed by atoms with Gasteiger partial charge >= 0.3 is 19.4 Å². The Hall–Kier alpha value is -2.51. The monoisotopic (exact) mass is 574 g/mol. The van der Waals surface area contributed by atoms with Gasteiger partial charge in [-0.15, -0.1) is 0 Å². The van der Waals surface area contributed by atoms with Gasteiger partial charge in [0.05, 0.1) is 13.2 Å². The number of nitrogens with two attached hydrogens (primary N) is 1. The molecule has 3 unspecified atom stereocenters. The van der Waals surface area contributed by atoms with Gasteiger partial charge in [-0.05, 0) is 43.7 Å². The molecule has 6 atom stereocenters. The maximum absolute atomic E-state index is 13.7. The van der Waals surface area contributed by atoms with Crippen molar-refractivity contribution in [3.63, 3.8) is 0 Å². The number of esters is 1. The van der Waals surface area contributed by atoms with Crippen LogP contribution >= 0.6 is 19.3 Å². The third-order valence-corrected chi connectivity index (χ3v) is 7.50. The highest BCUT2D eigenvalue weighted by Gasteiger charge is 2.47. The van der Waals surface area contributed by atoms with Crippen LogP contribution in [0.2, 0.25) is 5.02 Å². The minimum absolute atomic E-state index is 0.0207. The van der Waals surface area contributed by atoms with E-state index in [1.165, 1.54) is 50.6 Å². The standard InChI is InChI=1S/C23H32ClN4O9P/c1-4-5-12-34-22(30)14(2)27-38(32,37-16-8-6-15(24)7-9-16)35-13-17-19(29)20(33-3)21(36-17)28-11-10-18(25)26-23(28)31/h6-11,14,17,19-21,29H,4-5,12-13H2,1-3H3,(H,27,32)(H2,25,26,31)/t14-,17+,19?,20?,21+,38?/m0/s1. The van der Waals surface area contributed by atoms with Crippen molar-refractivity contribution < 1.29 is 37.7 Å². The van der Waals surface area contributed by atoms with Crippen molar-refractivity contribution in [3.05, 3.63) is 52.0 Å². The van der Waals surface area contributed by atoms with Gasteiger partial charge in [0, 0.05) is 18.3 Å². The van der Waals surface area contributed by atoms with Crippen molar-refractivity contribution in [2.24, 2.45) is 0 Å². The summed E-state index contributed by atoms with van der Waals surface area (Å²) in [5, 5.41) is 13.8. The lowest BCUT2D eigenvalue weighted by Crippen LogP contribution is -2.38. The van der Waals surface area contributed by atoms with Crippen molar-refractivity contribution in [1.29, 1.82) is 0 Å². The van der Waals surface area contributed by atoms with E-state index in [9.17, 15) is 19.3 Å². The zero-order valence-corrected chi connectivity index (χ0v) is 22.8. The molecule has 210 valence electrons. The maximum Gasteiger partial charge on any atom is 0.459 e. The number of benzene rings is 1. The lowest BCUT2D eigenvalue weighted by Gasteiger charge is -2.24. The number of nitrogens with one attached hydrogen (secondary N) is 1. The number of nitrogens with zero attached hydrogens (tertiary/aromatic N) is 2.